The van der Waals surface area contributed by atoms with Crippen LogP contribution in [0.4, 0.5) is 0 Å². The Bertz CT molecular complexity index is 674. The molecule has 0 amide bonds. The molecule has 1 aromatic carbocycles. The van der Waals surface area contributed by atoms with Crippen LogP contribution in [0.1, 0.15) is 12.0 Å². The average Bonchev–Trinajstić information content (AvgIpc) is 2.77. The molecule has 1 aliphatic rings. The lowest BCUT2D eigenvalue weighted by Gasteiger charge is -2.25. The zero-order valence-electron chi connectivity index (χ0n) is 12.6. The summed E-state index contributed by atoms with van der Waals surface area (Å²) >= 11 is 6.07. The third-order valence-corrected chi connectivity index (χ3v) is 4.22. The molecule has 112 valence electrons. The third kappa shape index (κ3) is 3.00. The van der Waals surface area contributed by atoms with Crippen molar-refractivity contribution in [3.05, 3.63) is 35.0 Å². The van der Waals surface area contributed by atoms with Crippen molar-refractivity contribution < 1.29 is 0 Å². The molecule has 2 aromatic rings. The number of rotatable bonds is 3. The van der Waals surface area contributed by atoms with Crippen molar-refractivity contribution in [3.8, 4) is 0 Å². The number of hydrogen-bond acceptors (Lipinski definition) is 3. The highest BCUT2D eigenvalue weighted by Gasteiger charge is 2.11. The molecule has 0 atom stereocenters. The van der Waals surface area contributed by atoms with Gasteiger partial charge in [0.25, 0.3) is 0 Å². The summed E-state index contributed by atoms with van der Waals surface area (Å²) < 4.78 is 2.14. The number of nitrogens with one attached hydrogen (secondary N) is 1. The van der Waals surface area contributed by atoms with Crippen LogP contribution in [0.2, 0.25) is 5.02 Å². The van der Waals surface area contributed by atoms with Crippen molar-refractivity contribution in [1.29, 1.82) is 0 Å². The topological polar surface area (TPSA) is 32.6 Å². The molecule has 4 nitrogen and oxygen atoms in total. The van der Waals surface area contributed by atoms with E-state index in [0.717, 1.165) is 43.5 Å². The summed E-state index contributed by atoms with van der Waals surface area (Å²) in [5, 5.41) is 5.51. The highest BCUT2D eigenvalue weighted by atomic mass is 35.5. The minimum absolute atomic E-state index is 0.784. The maximum Gasteiger partial charge on any atom is 0.193 e. The Balaban J connectivity index is 1.70. The second-order valence-corrected chi connectivity index (χ2v) is 6.02. The van der Waals surface area contributed by atoms with E-state index in [1.165, 1.54) is 16.5 Å². The lowest BCUT2D eigenvalue weighted by atomic mass is 10.1. The molecule has 0 bridgehead atoms. The zero-order valence-corrected chi connectivity index (χ0v) is 13.3. The Morgan fingerprint density at radius 1 is 1.33 bits per heavy atom. The van der Waals surface area contributed by atoms with E-state index < -0.39 is 0 Å². The first kappa shape index (κ1) is 14.3. The Morgan fingerprint density at radius 2 is 2.19 bits per heavy atom. The molecule has 1 N–H and O–H groups in total. The summed E-state index contributed by atoms with van der Waals surface area (Å²) in [7, 11) is 4.15. The largest absolute Gasteiger partial charge is 0.356 e. The van der Waals surface area contributed by atoms with Gasteiger partial charge in [0.2, 0.25) is 0 Å². The van der Waals surface area contributed by atoms with Crippen molar-refractivity contribution in [1.82, 2.24) is 14.8 Å². The molecule has 5 heteroatoms. The van der Waals surface area contributed by atoms with Gasteiger partial charge in [-0.1, -0.05) is 17.7 Å². The second-order valence-electron chi connectivity index (χ2n) is 5.58. The SMILES string of the molecule is CN1CCCN=C1NCCc1cn(C)c2cc(Cl)ccc12. The van der Waals surface area contributed by atoms with E-state index in [9.17, 15) is 0 Å². The first-order valence-electron chi connectivity index (χ1n) is 7.38. The minimum Gasteiger partial charge on any atom is -0.356 e. The van der Waals surface area contributed by atoms with Crippen LogP contribution in [0.5, 0.6) is 0 Å². The maximum absolute atomic E-state index is 6.07. The van der Waals surface area contributed by atoms with Crippen molar-refractivity contribution in [2.45, 2.75) is 12.8 Å². The van der Waals surface area contributed by atoms with Gasteiger partial charge in [0.1, 0.15) is 0 Å². The fraction of sp³-hybridized carbons (Fsp3) is 0.438. The number of aliphatic imine (C=N–C) groups is 1. The molecule has 3 rings (SSSR count). The fourth-order valence-corrected chi connectivity index (χ4v) is 3.03. The van der Waals surface area contributed by atoms with Gasteiger partial charge in [-0.15, -0.1) is 0 Å². The van der Waals surface area contributed by atoms with E-state index in [2.05, 4.69) is 46.1 Å². The Morgan fingerprint density at radius 3 is 3.00 bits per heavy atom. The molecular formula is C16H21ClN4. The minimum atomic E-state index is 0.784. The zero-order chi connectivity index (χ0) is 14.8. The van der Waals surface area contributed by atoms with Gasteiger partial charge in [-0.05, 0) is 30.5 Å². The van der Waals surface area contributed by atoms with Crippen LogP contribution in [-0.4, -0.2) is 42.1 Å². The van der Waals surface area contributed by atoms with Crippen LogP contribution in [0.25, 0.3) is 10.9 Å². The second kappa shape index (κ2) is 5.98. The quantitative estimate of drug-likeness (QED) is 0.945. The molecule has 2 heterocycles. The maximum atomic E-state index is 6.07. The molecule has 0 fully saturated rings. The van der Waals surface area contributed by atoms with E-state index in [0.29, 0.717) is 0 Å². The van der Waals surface area contributed by atoms with Crippen LogP contribution < -0.4 is 5.32 Å². The van der Waals surface area contributed by atoms with Crippen LogP contribution in [0.15, 0.2) is 29.4 Å². The van der Waals surface area contributed by atoms with Gasteiger partial charge in [-0.3, -0.25) is 4.99 Å². The van der Waals surface area contributed by atoms with Gasteiger partial charge in [-0.25, -0.2) is 0 Å². The summed E-state index contributed by atoms with van der Waals surface area (Å²) in [6, 6.07) is 6.09. The van der Waals surface area contributed by atoms with Gasteiger partial charge < -0.3 is 14.8 Å². The Hall–Kier alpha value is -1.68. The number of aryl methyl sites for hydroxylation is 1. The first-order chi connectivity index (χ1) is 10.1. The van der Waals surface area contributed by atoms with E-state index in [-0.39, 0.29) is 0 Å². The number of halogens is 1. The number of fused-ring (bicyclic) bond motifs is 1. The number of aromatic nitrogens is 1. The van der Waals surface area contributed by atoms with Crippen molar-refractivity contribution in [3.63, 3.8) is 0 Å². The molecule has 1 aliphatic heterocycles. The highest BCUT2D eigenvalue weighted by molar-refractivity contribution is 6.31. The van der Waals surface area contributed by atoms with Gasteiger partial charge in [0, 0.05) is 55.9 Å². The molecular weight excluding hydrogens is 284 g/mol. The van der Waals surface area contributed by atoms with Crippen LogP contribution in [0.3, 0.4) is 0 Å². The van der Waals surface area contributed by atoms with Crippen LogP contribution in [-0.2, 0) is 13.5 Å². The molecule has 1 aromatic heterocycles. The summed E-state index contributed by atoms with van der Waals surface area (Å²) in [4.78, 5) is 6.72. The highest BCUT2D eigenvalue weighted by Crippen LogP contribution is 2.24. The lowest BCUT2D eigenvalue weighted by Crippen LogP contribution is -2.42. The van der Waals surface area contributed by atoms with E-state index in [4.69, 9.17) is 11.6 Å². The van der Waals surface area contributed by atoms with Crippen LogP contribution in [0, 0.1) is 0 Å². The summed E-state index contributed by atoms with van der Waals surface area (Å²) in [6.45, 7) is 2.91. The van der Waals surface area contributed by atoms with Gasteiger partial charge in [0.05, 0.1) is 0 Å². The van der Waals surface area contributed by atoms with Gasteiger partial charge >= 0.3 is 0 Å². The molecule has 0 saturated heterocycles. The molecule has 0 saturated carbocycles. The number of hydrogen-bond donors (Lipinski definition) is 1. The summed E-state index contributed by atoms with van der Waals surface area (Å²) in [6.07, 6.45) is 4.31. The number of nitrogens with zero attached hydrogens (tertiary/aromatic N) is 3. The molecule has 0 radical (unpaired) electrons. The van der Waals surface area contributed by atoms with Gasteiger partial charge in [-0.2, -0.15) is 0 Å². The molecule has 0 aliphatic carbocycles. The monoisotopic (exact) mass is 304 g/mol. The molecule has 21 heavy (non-hydrogen) atoms. The van der Waals surface area contributed by atoms with Crippen molar-refractivity contribution in [2.75, 3.05) is 26.7 Å². The van der Waals surface area contributed by atoms with Crippen molar-refractivity contribution in [2.24, 2.45) is 12.0 Å². The predicted molar refractivity (Wildman–Crippen MR) is 89.2 cm³/mol. The predicted octanol–water partition coefficient (Wildman–Crippen LogP) is 2.66. The standard InChI is InChI=1S/C16H21ClN4/c1-20-9-3-7-18-16(20)19-8-6-12-11-21(2)15-10-13(17)4-5-14(12)15/h4-5,10-11H,3,6-9H2,1-2H3,(H,18,19). The fourth-order valence-electron chi connectivity index (χ4n) is 2.86. The van der Waals surface area contributed by atoms with E-state index >= 15 is 0 Å². The smallest absolute Gasteiger partial charge is 0.193 e. The summed E-state index contributed by atoms with van der Waals surface area (Å²) in [5.74, 6) is 1.02. The molecule has 0 unspecified atom stereocenters. The first-order valence-corrected chi connectivity index (χ1v) is 7.76. The Kier molecular flexibility index (Phi) is 4.06. The average molecular weight is 305 g/mol. The molecule has 0 spiro atoms. The van der Waals surface area contributed by atoms with E-state index in [1.807, 2.05) is 12.1 Å². The number of guanidine groups is 1. The lowest BCUT2D eigenvalue weighted by molar-refractivity contribution is 0.447. The van der Waals surface area contributed by atoms with Crippen molar-refractivity contribution >= 4 is 28.5 Å². The normalized spacial score (nSPS) is 15.4. The van der Waals surface area contributed by atoms with Gasteiger partial charge in [0.15, 0.2) is 5.96 Å². The summed E-state index contributed by atoms with van der Waals surface area (Å²) in [5.41, 5.74) is 2.53. The Labute approximate surface area is 130 Å². The van der Waals surface area contributed by atoms with E-state index in [1.54, 1.807) is 0 Å². The van der Waals surface area contributed by atoms with Crippen LogP contribution >= 0.6 is 11.6 Å². The third-order valence-electron chi connectivity index (χ3n) is 3.99. The number of benzene rings is 1.